The topological polar surface area (TPSA) is 102 Å². The molecule has 0 aliphatic carbocycles. The van der Waals surface area contributed by atoms with Crippen molar-refractivity contribution in [1.29, 1.82) is 0 Å². The maximum Gasteiger partial charge on any atom is 0.407 e. The summed E-state index contributed by atoms with van der Waals surface area (Å²) in [5, 5.41) is 2.94. The lowest BCUT2D eigenvalue weighted by Crippen LogP contribution is -2.48. The third-order valence-corrected chi connectivity index (χ3v) is 4.55. The Morgan fingerprint density at radius 2 is 1.24 bits per heavy atom. The number of hydroxylamine groups is 2. The number of nitrogens with zero attached hydrogens (tertiary/aromatic N) is 1. The highest BCUT2D eigenvalue weighted by molar-refractivity contribution is 6.02. The molecule has 1 heterocycles. The molecule has 3 rings (SSSR count). The number of hydrogen-bond acceptors (Lipinski definition) is 6. The van der Waals surface area contributed by atoms with E-state index in [4.69, 9.17) is 4.84 Å². The first-order chi connectivity index (χ1) is 16.0. The largest absolute Gasteiger partial charge is 0.453 e. The molecular weight excluding hydrogens is 424 g/mol. The van der Waals surface area contributed by atoms with Crippen LogP contribution in [-0.4, -0.2) is 42.1 Å². The van der Waals surface area contributed by atoms with Crippen LogP contribution in [0, 0.1) is 0 Å². The number of benzene rings is 2. The van der Waals surface area contributed by atoms with Crippen molar-refractivity contribution in [3.8, 4) is 0 Å². The summed E-state index contributed by atoms with van der Waals surface area (Å²) in [6.45, 7) is 8.00. The number of methoxy groups -OCH3 is 1. The van der Waals surface area contributed by atoms with E-state index >= 15 is 0 Å². The molecule has 0 aromatic heterocycles. The first-order valence-electron chi connectivity index (χ1n) is 11.0. The van der Waals surface area contributed by atoms with Gasteiger partial charge in [0.25, 0.3) is 11.8 Å². The minimum Gasteiger partial charge on any atom is -0.453 e. The minimum atomic E-state index is -1.24. The Morgan fingerprint density at radius 3 is 1.64 bits per heavy atom. The van der Waals surface area contributed by atoms with Gasteiger partial charge >= 0.3 is 12.1 Å². The van der Waals surface area contributed by atoms with E-state index in [1.165, 1.54) is 7.11 Å². The highest BCUT2D eigenvalue weighted by Gasteiger charge is 2.39. The molecule has 1 atom stereocenters. The molecule has 3 amide bonds. The van der Waals surface area contributed by atoms with E-state index in [2.05, 4.69) is 10.1 Å². The number of alkyl carbamates (subject to hydrolysis) is 1. The predicted molar refractivity (Wildman–Crippen MR) is 124 cm³/mol. The van der Waals surface area contributed by atoms with E-state index in [-0.39, 0.29) is 12.8 Å². The normalized spacial score (nSPS) is 13.2. The van der Waals surface area contributed by atoms with Crippen LogP contribution in [0.1, 0.15) is 57.6 Å². The van der Waals surface area contributed by atoms with Crippen LogP contribution in [0.2, 0.25) is 0 Å². The van der Waals surface area contributed by atoms with Crippen LogP contribution in [0.3, 0.4) is 0 Å². The van der Waals surface area contributed by atoms with Crippen molar-refractivity contribution in [1.82, 2.24) is 10.4 Å². The zero-order valence-electron chi connectivity index (χ0n) is 19.7. The van der Waals surface area contributed by atoms with Crippen LogP contribution in [0.25, 0.3) is 0 Å². The number of rotatable bonds is 6. The van der Waals surface area contributed by atoms with Gasteiger partial charge in [-0.15, -0.1) is 5.06 Å². The van der Waals surface area contributed by atoms with E-state index < -0.39 is 35.8 Å². The fourth-order valence-electron chi connectivity index (χ4n) is 3.17. The third-order valence-electron chi connectivity index (χ3n) is 4.55. The first kappa shape index (κ1) is 27.4. The second-order valence-corrected chi connectivity index (χ2v) is 6.40. The second-order valence-electron chi connectivity index (χ2n) is 6.40. The van der Waals surface area contributed by atoms with Crippen LogP contribution in [0.15, 0.2) is 60.7 Å². The van der Waals surface area contributed by atoms with Crippen LogP contribution in [0.4, 0.5) is 4.79 Å². The number of imide groups is 1. The van der Waals surface area contributed by atoms with E-state index in [0.29, 0.717) is 5.06 Å². The molecule has 0 radical (unpaired) electrons. The molecule has 1 N–H and O–H groups in total. The number of hydrogen-bond donors (Lipinski definition) is 1. The zero-order chi connectivity index (χ0) is 24.8. The van der Waals surface area contributed by atoms with Gasteiger partial charge in [0.15, 0.2) is 0 Å². The Hall–Kier alpha value is -3.68. The average molecular weight is 457 g/mol. The highest BCUT2D eigenvalue weighted by atomic mass is 16.7. The van der Waals surface area contributed by atoms with Gasteiger partial charge in [0.2, 0.25) is 0 Å². The summed E-state index contributed by atoms with van der Waals surface area (Å²) in [7, 11) is 1.17. The molecule has 8 heteroatoms. The van der Waals surface area contributed by atoms with Gasteiger partial charge in [-0.05, 0) is 11.1 Å². The summed E-state index contributed by atoms with van der Waals surface area (Å²) < 4.78 is 4.66. The van der Waals surface area contributed by atoms with Crippen molar-refractivity contribution in [2.75, 3.05) is 7.11 Å². The summed E-state index contributed by atoms with van der Waals surface area (Å²) in [5.41, 5.74) is 1.47. The van der Waals surface area contributed by atoms with Crippen molar-refractivity contribution in [3.05, 3.63) is 71.8 Å². The molecule has 1 saturated heterocycles. The van der Waals surface area contributed by atoms with Crippen molar-refractivity contribution < 1.29 is 28.8 Å². The van der Waals surface area contributed by atoms with E-state index in [0.717, 1.165) is 11.1 Å². The predicted octanol–water partition coefficient (Wildman–Crippen LogP) is 4.20. The Balaban J connectivity index is 0.00000129. The van der Waals surface area contributed by atoms with Gasteiger partial charge in [-0.25, -0.2) is 9.59 Å². The summed E-state index contributed by atoms with van der Waals surface area (Å²) >= 11 is 0. The average Bonchev–Trinajstić information content (AvgIpc) is 3.19. The lowest BCUT2D eigenvalue weighted by Gasteiger charge is -2.27. The van der Waals surface area contributed by atoms with Gasteiger partial charge in [0.05, 0.1) is 7.11 Å². The fourth-order valence-corrected chi connectivity index (χ4v) is 3.17. The molecule has 2 aromatic rings. The van der Waals surface area contributed by atoms with E-state index in [1.54, 1.807) is 24.3 Å². The molecule has 0 bridgehead atoms. The maximum atomic E-state index is 13.0. The van der Waals surface area contributed by atoms with Gasteiger partial charge in [-0.2, -0.15) is 0 Å². The Labute approximate surface area is 194 Å². The standard InChI is InChI=1S/C21H20N2O6.2C2H6/c1-28-21(27)22-19(20(26)29-23-16(24)12-13-17(23)25)18(14-8-4-2-5-9-14)15-10-6-3-7-11-15;2*1-2/h2-11,18-19H,12-13H2,1H3,(H,22,27);2*1-2H3. The summed E-state index contributed by atoms with van der Waals surface area (Å²) in [6, 6.07) is 16.9. The molecule has 0 spiro atoms. The lowest BCUT2D eigenvalue weighted by atomic mass is 9.85. The van der Waals surface area contributed by atoms with Crippen molar-refractivity contribution in [2.24, 2.45) is 0 Å². The van der Waals surface area contributed by atoms with Crippen LogP contribution < -0.4 is 5.32 Å². The monoisotopic (exact) mass is 456 g/mol. The molecule has 33 heavy (non-hydrogen) atoms. The quantitative estimate of drug-likeness (QED) is 0.654. The zero-order valence-corrected chi connectivity index (χ0v) is 19.7. The van der Waals surface area contributed by atoms with Crippen molar-refractivity contribution in [2.45, 2.75) is 52.5 Å². The Bertz CT molecular complexity index is 846. The van der Waals surface area contributed by atoms with Crippen LogP contribution >= 0.6 is 0 Å². The van der Waals surface area contributed by atoms with E-state index in [1.807, 2.05) is 64.1 Å². The lowest BCUT2D eigenvalue weighted by molar-refractivity contribution is -0.199. The van der Waals surface area contributed by atoms with Crippen LogP contribution in [0.5, 0.6) is 0 Å². The molecule has 2 aromatic carbocycles. The SMILES string of the molecule is CC.CC.COC(=O)NC(C(=O)ON1C(=O)CCC1=O)C(c1ccccc1)c1ccccc1. The van der Waals surface area contributed by atoms with Crippen molar-refractivity contribution in [3.63, 3.8) is 0 Å². The number of carbonyl (C=O) groups excluding carboxylic acids is 4. The van der Waals surface area contributed by atoms with Crippen molar-refractivity contribution >= 4 is 23.9 Å². The molecule has 1 aliphatic heterocycles. The van der Waals surface area contributed by atoms with Gasteiger partial charge in [0.1, 0.15) is 6.04 Å². The first-order valence-corrected chi connectivity index (χ1v) is 11.0. The Morgan fingerprint density at radius 1 is 0.818 bits per heavy atom. The Kier molecular flexibility index (Phi) is 11.9. The van der Waals surface area contributed by atoms with Gasteiger partial charge in [0, 0.05) is 18.8 Å². The van der Waals surface area contributed by atoms with Gasteiger partial charge in [-0.1, -0.05) is 88.4 Å². The molecule has 178 valence electrons. The number of nitrogens with one attached hydrogen (secondary N) is 1. The molecular formula is C25H32N2O6. The minimum absolute atomic E-state index is 0.0258. The maximum absolute atomic E-state index is 13.0. The van der Waals surface area contributed by atoms with E-state index in [9.17, 15) is 19.2 Å². The number of ether oxygens (including phenoxy) is 1. The molecule has 1 aliphatic rings. The fraction of sp³-hybridized carbons (Fsp3) is 0.360. The van der Waals surface area contributed by atoms with Crippen LogP contribution in [-0.2, 0) is 24.0 Å². The smallest absolute Gasteiger partial charge is 0.407 e. The molecule has 1 fully saturated rings. The highest BCUT2D eigenvalue weighted by Crippen LogP contribution is 2.29. The number of amides is 3. The summed E-state index contributed by atoms with van der Waals surface area (Å²) in [4.78, 5) is 53.7. The van der Waals surface area contributed by atoms with Gasteiger partial charge < -0.3 is 14.9 Å². The third kappa shape index (κ3) is 7.45. The second kappa shape index (κ2) is 14.4. The molecule has 1 unspecified atom stereocenters. The van der Waals surface area contributed by atoms with Gasteiger partial charge in [-0.3, -0.25) is 9.59 Å². The molecule has 8 nitrogen and oxygen atoms in total. The number of carbonyl (C=O) groups is 4. The summed E-state index contributed by atoms with van der Waals surface area (Å²) in [5.74, 6) is -2.79. The molecule has 0 saturated carbocycles. The summed E-state index contributed by atoms with van der Waals surface area (Å²) in [6.07, 6.45) is -0.896.